The molecule has 1 N–H and O–H groups in total. The van der Waals surface area contributed by atoms with E-state index in [1.807, 2.05) is 0 Å². The number of hydrogen-bond donors (Lipinski definition) is 1. The van der Waals surface area contributed by atoms with Gasteiger partial charge in [-0.25, -0.2) is 0 Å². The van der Waals surface area contributed by atoms with Crippen LogP contribution in [0.4, 0.5) is 0 Å². The van der Waals surface area contributed by atoms with Gasteiger partial charge >= 0.3 is 0 Å². The zero-order valence-electron chi connectivity index (χ0n) is 16.5. The summed E-state index contributed by atoms with van der Waals surface area (Å²) >= 11 is 0. The third-order valence-corrected chi connectivity index (χ3v) is 5.72. The molecule has 26 heavy (non-hydrogen) atoms. The molecule has 0 saturated heterocycles. The second kappa shape index (κ2) is 9.07. The lowest BCUT2D eigenvalue weighted by Crippen LogP contribution is -2.16. The molecule has 0 spiro atoms. The molecule has 3 rings (SSSR count). The number of fused-ring (bicyclic) bond motifs is 1. The summed E-state index contributed by atoms with van der Waals surface area (Å²) in [5.41, 5.74) is 10.00. The van der Waals surface area contributed by atoms with Gasteiger partial charge in [-0.2, -0.15) is 0 Å². The van der Waals surface area contributed by atoms with Crippen LogP contribution in [0.5, 0.6) is 0 Å². The summed E-state index contributed by atoms with van der Waals surface area (Å²) in [6.45, 7) is 9.54. The monoisotopic (exact) mass is 347 g/mol. The van der Waals surface area contributed by atoms with Crippen LogP contribution in [0, 0.1) is 13.8 Å². The van der Waals surface area contributed by atoms with Crippen molar-refractivity contribution >= 4 is 0 Å². The van der Waals surface area contributed by atoms with Crippen molar-refractivity contribution in [2.24, 2.45) is 0 Å². The molecule has 138 valence electrons. The highest BCUT2D eigenvalue weighted by Gasteiger charge is 2.09. The van der Waals surface area contributed by atoms with E-state index >= 15 is 0 Å². The predicted molar refractivity (Wildman–Crippen MR) is 113 cm³/mol. The SMILES string of the molecule is C=C(CCCc1ccc2c(c1)CCCC2)NCCc1ccc(C)c(C)c1. The van der Waals surface area contributed by atoms with Gasteiger partial charge in [0.25, 0.3) is 0 Å². The summed E-state index contributed by atoms with van der Waals surface area (Å²) in [5, 5.41) is 3.51. The molecule has 1 nitrogen and oxygen atoms in total. The Bertz CT molecular complexity index is 757. The van der Waals surface area contributed by atoms with E-state index in [2.05, 4.69) is 62.1 Å². The molecule has 2 aromatic rings. The summed E-state index contributed by atoms with van der Waals surface area (Å²) in [5.74, 6) is 0. The maximum absolute atomic E-state index is 4.21. The van der Waals surface area contributed by atoms with Gasteiger partial charge in [-0.1, -0.05) is 43.0 Å². The molecule has 0 fully saturated rings. The van der Waals surface area contributed by atoms with E-state index in [1.54, 1.807) is 11.1 Å². The van der Waals surface area contributed by atoms with E-state index in [1.165, 1.54) is 60.1 Å². The van der Waals surface area contributed by atoms with Gasteiger partial charge in [-0.05, 0) is 98.6 Å². The van der Waals surface area contributed by atoms with E-state index < -0.39 is 0 Å². The Morgan fingerprint density at radius 2 is 1.62 bits per heavy atom. The van der Waals surface area contributed by atoms with Crippen LogP contribution in [0.2, 0.25) is 0 Å². The van der Waals surface area contributed by atoms with Crippen molar-refractivity contribution in [1.29, 1.82) is 0 Å². The summed E-state index contributed by atoms with van der Waals surface area (Å²) in [4.78, 5) is 0. The first-order valence-electron chi connectivity index (χ1n) is 10.2. The Kier molecular flexibility index (Phi) is 6.55. The van der Waals surface area contributed by atoms with Crippen molar-refractivity contribution in [3.8, 4) is 0 Å². The third kappa shape index (κ3) is 5.24. The van der Waals surface area contributed by atoms with Crippen LogP contribution in [-0.4, -0.2) is 6.54 Å². The zero-order valence-corrected chi connectivity index (χ0v) is 16.5. The molecule has 1 aliphatic carbocycles. The molecule has 0 saturated carbocycles. The Morgan fingerprint density at radius 1 is 0.885 bits per heavy atom. The fourth-order valence-electron chi connectivity index (χ4n) is 3.88. The summed E-state index contributed by atoms with van der Waals surface area (Å²) in [7, 11) is 0. The standard InChI is InChI=1S/C25H33N/c1-19-11-12-23(17-20(19)2)15-16-26-21(3)7-6-8-22-13-14-24-9-4-5-10-25(24)18-22/h11-14,17-18,26H,3-10,15-16H2,1-2H3. The molecule has 0 aromatic heterocycles. The average molecular weight is 348 g/mol. The van der Waals surface area contributed by atoms with Crippen LogP contribution in [-0.2, 0) is 25.7 Å². The van der Waals surface area contributed by atoms with Crippen LogP contribution < -0.4 is 5.32 Å². The molecule has 0 radical (unpaired) electrons. The molecular weight excluding hydrogens is 314 g/mol. The lowest BCUT2D eigenvalue weighted by molar-refractivity contribution is 0.681. The van der Waals surface area contributed by atoms with E-state index in [-0.39, 0.29) is 0 Å². The smallest absolute Gasteiger partial charge is 0.0184 e. The van der Waals surface area contributed by atoms with Crippen LogP contribution in [0.3, 0.4) is 0 Å². The topological polar surface area (TPSA) is 12.0 Å². The quantitative estimate of drug-likeness (QED) is 0.631. The minimum atomic E-state index is 0.972. The Hall–Kier alpha value is -2.02. The van der Waals surface area contributed by atoms with Gasteiger partial charge in [-0.15, -0.1) is 0 Å². The van der Waals surface area contributed by atoms with Crippen LogP contribution in [0.1, 0.15) is 59.1 Å². The highest BCUT2D eigenvalue weighted by molar-refractivity contribution is 5.34. The van der Waals surface area contributed by atoms with Crippen molar-refractivity contribution in [3.63, 3.8) is 0 Å². The van der Waals surface area contributed by atoms with E-state index in [9.17, 15) is 0 Å². The average Bonchev–Trinajstić information content (AvgIpc) is 2.64. The molecule has 0 heterocycles. The summed E-state index contributed by atoms with van der Waals surface area (Å²) < 4.78 is 0. The van der Waals surface area contributed by atoms with Crippen molar-refractivity contribution in [2.75, 3.05) is 6.54 Å². The highest BCUT2D eigenvalue weighted by Crippen LogP contribution is 2.23. The fourth-order valence-corrected chi connectivity index (χ4v) is 3.88. The van der Waals surface area contributed by atoms with Gasteiger partial charge in [0.15, 0.2) is 0 Å². The van der Waals surface area contributed by atoms with Gasteiger partial charge in [0.1, 0.15) is 0 Å². The van der Waals surface area contributed by atoms with Crippen molar-refractivity contribution in [3.05, 3.63) is 82.1 Å². The van der Waals surface area contributed by atoms with Crippen molar-refractivity contribution < 1.29 is 0 Å². The second-order valence-corrected chi connectivity index (χ2v) is 7.86. The normalized spacial score (nSPS) is 13.3. The van der Waals surface area contributed by atoms with Gasteiger partial charge in [0.05, 0.1) is 0 Å². The maximum atomic E-state index is 4.21. The van der Waals surface area contributed by atoms with Crippen LogP contribution in [0.25, 0.3) is 0 Å². The van der Waals surface area contributed by atoms with Gasteiger partial charge in [-0.3, -0.25) is 0 Å². The molecule has 2 aromatic carbocycles. The number of allylic oxidation sites excluding steroid dienone is 1. The van der Waals surface area contributed by atoms with E-state index in [4.69, 9.17) is 0 Å². The molecule has 0 amide bonds. The maximum Gasteiger partial charge on any atom is 0.0184 e. The molecule has 1 aliphatic rings. The molecular formula is C25H33N. The number of nitrogens with one attached hydrogen (secondary N) is 1. The van der Waals surface area contributed by atoms with Crippen LogP contribution >= 0.6 is 0 Å². The summed E-state index contributed by atoms with van der Waals surface area (Å²) in [6.07, 6.45) is 9.72. The number of rotatable bonds is 8. The van der Waals surface area contributed by atoms with E-state index in [0.717, 1.165) is 25.8 Å². The molecule has 0 atom stereocenters. The number of hydrogen-bond acceptors (Lipinski definition) is 1. The van der Waals surface area contributed by atoms with Gasteiger partial charge in [0.2, 0.25) is 0 Å². The molecule has 0 aliphatic heterocycles. The Labute approximate surface area is 159 Å². The van der Waals surface area contributed by atoms with Crippen LogP contribution in [0.15, 0.2) is 48.7 Å². The molecule has 0 bridgehead atoms. The Morgan fingerprint density at radius 3 is 2.42 bits per heavy atom. The minimum absolute atomic E-state index is 0.972. The lowest BCUT2D eigenvalue weighted by Gasteiger charge is -2.16. The number of aryl methyl sites for hydroxylation is 5. The van der Waals surface area contributed by atoms with Gasteiger partial charge < -0.3 is 5.32 Å². The fraction of sp³-hybridized carbons (Fsp3) is 0.440. The first kappa shape index (κ1) is 18.8. The molecule has 1 heteroatoms. The minimum Gasteiger partial charge on any atom is -0.388 e. The predicted octanol–water partition coefficient (Wildman–Crippen LogP) is 5.85. The number of benzene rings is 2. The van der Waals surface area contributed by atoms with Crippen molar-refractivity contribution in [2.45, 2.75) is 65.2 Å². The van der Waals surface area contributed by atoms with E-state index in [0.29, 0.717) is 0 Å². The first-order valence-corrected chi connectivity index (χ1v) is 10.2. The van der Waals surface area contributed by atoms with Gasteiger partial charge in [0, 0.05) is 12.2 Å². The Balaban J connectivity index is 1.37. The van der Waals surface area contributed by atoms with Crippen molar-refractivity contribution in [1.82, 2.24) is 5.32 Å². The second-order valence-electron chi connectivity index (χ2n) is 7.86. The highest BCUT2D eigenvalue weighted by atomic mass is 14.9. The largest absolute Gasteiger partial charge is 0.388 e. The lowest BCUT2D eigenvalue weighted by atomic mass is 9.89. The third-order valence-electron chi connectivity index (χ3n) is 5.72. The zero-order chi connectivity index (χ0) is 18.4. The first-order chi connectivity index (χ1) is 12.6. The summed E-state index contributed by atoms with van der Waals surface area (Å²) in [6, 6.07) is 13.9. The molecule has 0 unspecified atom stereocenters.